The minimum atomic E-state index is -0.368. The summed E-state index contributed by atoms with van der Waals surface area (Å²) in [4.78, 5) is 27.0. The Morgan fingerprint density at radius 2 is 1.59 bits per heavy atom. The van der Waals surface area contributed by atoms with Gasteiger partial charge in [-0.1, -0.05) is 42.5 Å². The summed E-state index contributed by atoms with van der Waals surface area (Å²) in [5, 5.41) is 9.60. The van der Waals surface area contributed by atoms with Gasteiger partial charge in [-0.05, 0) is 48.4 Å². The van der Waals surface area contributed by atoms with E-state index in [0.29, 0.717) is 17.7 Å². The van der Waals surface area contributed by atoms with Gasteiger partial charge >= 0.3 is 0 Å². The van der Waals surface area contributed by atoms with Crippen molar-refractivity contribution in [1.29, 1.82) is 0 Å². The van der Waals surface area contributed by atoms with Gasteiger partial charge in [0.15, 0.2) is 5.78 Å². The molecular weight excluding hydrogens is 369 g/mol. The van der Waals surface area contributed by atoms with Crippen LogP contribution in [-0.2, 0) is 4.79 Å². The van der Waals surface area contributed by atoms with E-state index in [-0.39, 0.29) is 41.6 Å². The van der Waals surface area contributed by atoms with Crippen LogP contribution in [-0.4, -0.2) is 16.8 Å². The third-order valence-electron chi connectivity index (χ3n) is 5.33. The van der Waals surface area contributed by atoms with Crippen LogP contribution in [0.4, 0.5) is 10.1 Å². The first-order valence-corrected chi connectivity index (χ1v) is 9.50. The van der Waals surface area contributed by atoms with Gasteiger partial charge in [-0.2, -0.15) is 0 Å². The first-order valence-electron chi connectivity index (χ1n) is 9.50. The highest BCUT2D eigenvalue weighted by molar-refractivity contribution is 6.04. The smallest absolute Gasteiger partial charge is 0.233 e. The first kappa shape index (κ1) is 18.9. The zero-order chi connectivity index (χ0) is 20.4. The number of rotatable bonds is 6. The average Bonchev–Trinajstić information content (AvgIpc) is 2.74. The monoisotopic (exact) mass is 389 g/mol. The molecule has 1 aliphatic heterocycles. The Bertz CT molecular complexity index is 1020. The highest BCUT2D eigenvalue weighted by Gasteiger charge is 2.48. The van der Waals surface area contributed by atoms with E-state index in [1.807, 2.05) is 18.2 Å². The van der Waals surface area contributed by atoms with Crippen LogP contribution in [0.2, 0.25) is 0 Å². The van der Waals surface area contributed by atoms with Gasteiger partial charge in [0.05, 0.1) is 12.0 Å². The molecule has 1 saturated heterocycles. The number of aromatic hydroxyl groups is 1. The van der Waals surface area contributed by atoms with Crippen molar-refractivity contribution < 1.29 is 19.1 Å². The molecule has 146 valence electrons. The summed E-state index contributed by atoms with van der Waals surface area (Å²) in [6.07, 6.45) is 0.696. The molecule has 1 heterocycles. The summed E-state index contributed by atoms with van der Waals surface area (Å²) >= 11 is 0. The summed E-state index contributed by atoms with van der Waals surface area (Å²) in [6, 6.07) is 21.3. The van der Waals surface area contributed by atoms with Crippen LogP contribution in [0.3, 0.4) is 0 Å². The van der Waals surface area contributed by atoms with Gasteiger partial charge in [-0.15, -0.1) is 0 Å². The fourth-order valence-corrected chi connectivity index (χ4v) is 3.83. The van der Waals surface area contributed by atoms with Crippen molar-refractivity contribution in [3.8, 4) is 5.75 Å². The lowest BCUT2D eigenvalue weighted by molar-refractivity contribution is -0.130. The molecule has 1 fully saturated rings. The summed E-state index contributed by atoms with van der Waals surface area (Å²) in [6.45, 7) is 0. The number of phenolic OH excluding ortho intramolecular Hbond substituents is 1. The Hall–Kier alpha value is -3.47. The summed E-state index contributed by atoms with van der Waals surface area (Å²) in [5.74, 6) is -0.660. The number of benzene rings is 3. The van der Waals surface area contributed by atoms with Crippen LogP contribution in [0, 0.1) is 11.7 Å². The average molecular weight is 389 g/mol. The van der Waals surface area contributed by atoms with Gasteiger partial charge in [0.2, 0.25) is 5.91 Å². The summed E-state index contributed by atoms with van der Waals surface area (Å²) < 4.78 is 13.3. The highest BCUT2D eigenvalue weighted by Crippen LogP contribution is 2.45. The van der Waals surface area contributed by atoms with E-state index in [0.717, 1.165) is 5.56 Å². The quantitative estimate of drug-likeness (QED) is 0.482. The van der Waals surface area contributed by atoms with Gasteiger partial charge < -0.3 is 10.0 Å². The lowest BCUT2D eigenvalue weighted by Gasteiger charge is -2.47. The molecule has 1 N–H and O–H groups in total. The van der Waals surface area contributed by atoms with Crippen molar-refractivity contribution >= 4 is 17.4 Å². The molecule has 0 aromatic heterocycles. The second-order valence-electron chi connectivity index (χ2n) is 7.16. The number of nitrogens with zero attached hydrogens (tertiary/aromatic N) is 1. The predicted molar refractivity (Wildman–Crippen MR) is 108 cm³/mol. The van der Waals surface area contributed by atoms with Crippen LogP contribution in [0.1, 0.15) is 34.8 Å². The predicted octanol–water partition coefficient (Wildman–Crippen LogP) is 4.90. The maximum Gasteiger partial charge on any atom is 0.233 e. The van der Waals surface area contributed by atoms with E-state index in [1.54, 1.807) is 53.4 Å². The van der Waals surface area contributed by atoms with E-state index in [2.05, 4.69) is 0 Å². The number of β-lactam (4-membered cyclic amide) rings is 1. The van der Waals surface area contributed by atoms with E-state index in [4.69, 9.17) is 0 Å². The fourth-order valence-electron chi connectivity index (χ4n) is 3.83. The molecule has 0 spiro atoms. The zero-order valence-electron chi connectivity index (χ0n) is 15.7. The molecule has 2 unspecified atom stereocenters. The number of hydrogen-bond donors (Lipinski definition) is 1. The molecule has 1 aliphatic rings. The first-order chi connectivity index (χ1) is 14.0. The van der Waals surface area contributed by atoms with Crippen LogP contribution in [0.15, 0.2) is 78.9 Å². The van der Waals surface area contributed by atoms with E-state index in [9.17, 15) is 19.1 Å². The number of amides is 1. The molecule has 5 heteroatoms. The van der Waals surface area contributed by atoms with Crippen molar-refractivity contribution in [2.45, 2.75) is 18.9 Å². The van der Waals surface area contributed by atoms with Crippen LogP contribution < -0.4 is 4.90 Å². The van der Waals surface area contributed by atoms with E-state index >= 15 is 0 Å². The molecule has 0 bridgehead atoms. The second-order valence-corrected chi connectivity index (χ2v) is 7.16. The van der Waals surface area contributed by atoms with Gasteiger partial charge in [0.25, 0.3) is 0 Å². The van der Waals surface area contributed by atoms with Crippen molar-refractivity contribution in [2.24, 2.45) is 5.92 Å². The molecule has 2 atom stereocenters. The molecule has 4 rings (SSSR count). The highest BCUT2D eigenvalue weighted by atomic mass is 19.1. The number of carbonyl (C=O) groups is 2. The maximum absolute atomic E-state index is 13.3. The lowest BCUT2D eigenvalue weighted by atomic mass is 9.78. The molecule has 3 aromatic rings. The van der Waals surface area contributed by atoms with Crippen molar-refractivity contribution in [3.05, 3.63) is 95.8 Å². The number of anilines is 1. The number of carbonyl (C=O) groups excluding carboxylic acids is 2. The normalized spacial score (nSPS) is 18.4. The SMILES string of the molecule is O=C(CCC1C(=O)N(c2ccc(F)cc2)C1c1ccc(O)cc1)c1ccccc1. The minimum Gasteiger partial charge on any atom is -0.508 e. The number of phenols is 1. The Morgan fingerprint density at radius 3 is 2.24 bits per heavy atom. The number of halogens is 1. The topological polar surface area (TPSA) is 57.6 Å². The van der Waals surface area contributed by atoms with Gasteiger partial charge in [-0.25, -0.2) is 4.39 Å². The van der Waals surface area contributed by atoms with Crippen LogP contribution in [0.5, 0.6) is 5.75 Å². The van der Waals surface area contributed by atoms with Gasteiger partial charge in [-0.3, -0.25) is 9.59 Å². The molecule has 4 nitrogen and oxygen atoms in total. The Labute approximate surface area is 168 Å². The molecule has 0 saturated carbocycles. The van der Waals surface area contributed by atoms with Crippen molar-refractivity contribution in [2.75, 3.05) is 4.90 Å². The van der Waals surface area contributed by atoms with Gasteiger partial charge in [0.1, 0.15) is 11.6 Å². The zero-order valence-corrected chi connectivity index (χ0v) is 15.7. The van der Waals surface area contributed by atoms with Gasteiger partial charge in [0, 0.05) is 17.7 Å². The maximum atomic E-state index is 13.3. The van der Waals surface area contributed by atoms with Crippen molar-refractivity contribution in [1.82, 2.24) is 0 Å². The molecule has 1 amide bonds. The fraction of sp³-hybridized carbons (Fsp3) is 0.167. The number of hydrogen-bond acceptors (Lipinski definition) is 3. The Balaban J connectivity index is 1.57. The largest absolute Gasteiger partial charge is 0.508 e. The van der Waals surface area contributed by atoms with Crippen LogP contribution >= 0.6 is 0 Å². The van der Waals surface area contributed by atoms with E-state index in [1.165, 1.54) is 12.1 Å². The number of ketones is 1. The molecule has 3 aromatic carbocycles. The summed E-state index contributed by atoms with van der Waals surface area (Å²) in [7, 11) is 0. The standard InChI is InChI=1S/C24H20FNO3/c25-18-8-10-19(11-9-18)26-23(17-6-12-20(27)13-7-17)21(24(26)29)14-15-22(28)16-4-2-1-3-5-16/h1-13,21,23,27H,14-15H2. The molecule has 0 aliphatic carbocycles. The third-order valence-corrected chi connectivity index (χ3v) is 5.33. The lowest BCUT2D eigenvalue weighted by Crippen LogP contribution is -2.55. The molecule has 29 heavy (non-hydrogen) atoms. The number of Topliss-reactive ketones (excluding diaryl/α,β-unsaturated/α-hetero) is 1. The Kier molecular flexibility index (Phi) is 5.12. The molecular formula is C24H20FNO3. The van der Waals surface area contributed by atoms with E-state index < -0.39 is 0 Å². The minimum absolute atomic E-state index is 0.00286. The third kappa shape index (κ3) is 3.76. The second kappa shape index (κ2) is 7.87. The Morgan fingerprint density at radius 1 is 0.931 bits per heavy atom. The van der Waals surface area contributed by atoms with Crippen molar-refractivity contribution in [3.63, 3.8) is 0 Å². The van der Waals surface area contributed by atoms with Crippen LogP contribution in [0.25, 0.3) is 0 Å². The molecule has 0 radical (unpaired) electrons. The summed E-state index contributed by atoms with van der Waals surface area (Å²) in [5.41, 5.74) is 2.11.